The zero-order valence-corrected chi connectivity index (χ0v) is 10.1. The van der Waals surface area contributed by atoms with Gasteiger partial charge in [0.1, 0.15) is 0 Å². The van der Waals surface area contributed by atoms with E-state index in [9.17, 15) is 0 Å². The quantitative estimate of drug-likeness (QED) is 0.659. The highest BCUT2D eigenvalue weighted by molar-refractivity contribution is 6.17. The first kappa shape index (κ1) is 12.3. The van der Waals surface area contributed by atoms with Crippen molar-refractivity contribution in [2.75, 3.05) is 32.6 Å². The van der Waals surface area contributed by atoms with E-state index in [1.807, 2.05) is 0 Å². The van der Waals surface area contributed by atoms with Crippen LogP contribution in [0.2, 0.25) is 0 Å². The van der Waals surface area contributed by atoms with E-state index in [-0.39, 0.29) is 0 Å². The lowest BCUT2D eigenvalue weighted by Gasteiger charge is -2.33. The Hall–Kier alpha value is 0.210. The normalized spacial score (nSPS) is 26.4. The molecule has 0 saturated carbocycles. The molecule has 0 N–H and O–H groups in total. The first-order valence-corrected chi connectivity index (χ1v) is 6.10. The Kier molecular flexibility index (Phi) is 5.83. The van der Waals surface area contributed by atoms with Crippen LogP contribution in [0.5, 0.6) is 0 Å². The summed E-state index contributed by atoms with van der Waals surface area (Å²) >= 11 is 5.77. The topological polar surface area (TPSA) is 12.5 Å². The number of ether oxygens (including phenoxy) is 1. The summed E-state index contributed by atoms with van der Waals surface area (Å²) in [4.78, 5) is 2.51. The van der Waals surface area contributed by atoms with Gasteiger partial charge in [-0.2, -0.15) is 0 Å². The predicted molar refractivity (Wildman–Crippen MR) is 61.0 cm³/mol. The number of likely N-dealkylation sites (tertiary alicyclic amines) is 1. The van der Waals surface area contributed by atoms with E-state index in [1.165, 1.54) is 32.4 Å². The number of halogens is 1. The summed E-state index contributed by atoms with van der Waals surface area (Å²) in [5.74, 6) is 1.61. The Bertz CT molecular complexity index is 152. The summed E-state index contributed by atoms with van der Waals surface area (Å²) in [5, 5.41) is 0. The lowest BCUT2D eigenvalue weighted by Crippen LogP contribution is -2.40. The number of rotatable bonds is 5. The fourth-order valence-electron chi connectivity index (χ4n) is 2.15. The van der Waals surface area contributed by atoms with Crippen LogP contribution >= 0.6 is 11.6 Å². The van der Waals surface area contributed by atoms with Crippen molar-refractivity contribution in [3.05, 3.63) is 0 Å². The molecule has 3 heteroatoms. The van der Waals surface area contributed by atoms with E-state index in [4.69, 9.17) is 16.3 Å². The minimum atomic E-state index is 0.352. The molecule has 2 atom stereocenters. The summed E-state index contributed by atoms with van der Waals surface area (Å²) < 4.78 is 5.28. The van der Waals surface area contributed by atoms with Crippen LogP contribution < -0.4 is 0 Å². The molecule has 1 aliphatic heterocycles. The van der Waals surface area contributed by atoms with E-state index >= 15 is 0 Å². The van der Waals surface area contributed by atoms with E-state index in [1.54, 1.807) is 7.11 Å². The molecule has 0 aromatic rings. The first-order valence-electron chi connectivity index (χ1n) is 5.57. The maximum atomic E-state index is 5.77. The third-order valence-corrected chi connectivity index (χ3v) is 3.26. The van der Waals surface area contributed by atoms with Crippen LogP contribution in [0.25, 0.3) is 0 Å². The van der Waals surface area contributed by atoms with Crippen molar-refractivity contribution in [3.63, 3.8) is 0 Å². The zero-order valence-electron chi connectivity index (χ0n) is 9.34. The second-order valence-electron chi connectivity index (χ2n) is 4.29. The van der Waals surface area contributed by atoms with Gasteiger partial charge in [-0.3, -0.25) is 0 Å². The minimum Gasteiger partial charge on any atom is -0.380 e. The van der Waals surface area contributed by atoms with Gasteiger partial charge in [0.25, 0.3) is 0 Å². The van der Waals surface area contributed by atoms with Crippen molar-refractivity contribution >= 4 is 11.6 Å². The Morgan fingerprint density at radius 1 is 1.57 bits per heavy atom. The standard InChI is InChI=1S/C11H22ClNO/c1-10(14-2)8-13-7-3-4-11(9-13)5-6-12/h10-11H,3-9H2,1-2H3. The summed E-state index contributed by atoms with van der Waals surface area (Å²) in [7, 11) is 1.78. The van der Waals surface area contributed by atoms with Crippen LogP contribution in [0.3, 0.4) is 0 Å². The molecule has 0 spiro atoms. The molecule has 0 aliphatic carbocycles. The van der Waals surface area contributed by atoms with Crippen molar-refractivity contribution in [1.82, 2.24) is 4.90 Å². The smallest absolute Gasteiger partial charge is 0.0670 e. The maximum Gasteiger partial charge on any atom is 0.0670 e. The largest absolute Gasteiger partial charge is 0.380 e. The van der Waals surface area contributed by atoms with Crippen molar-refractivity contribution in [1.29, 1.82) is 0 Å². The second kappa shape index (κ2) is 6.65. The van der Waals surface area contributed by atoms with Gasteiger partial charge in [0.2, 0.25) is 0 Å². The number of methoxy groups -OCH3 is 1. The molecule has 0 aromatic carbocycles. The number of alkyl halides is 1. The van der Waals surface area contributed by atoms with Crippen molar-refractivity contribution in [2.24, 2.45) is 5.92 Å². The fourth-order valence-corrected chi connectivity index (χ4v) is 2.45. The summed E-state index contributed by atoms with van der Waals surface area (Å²) in [5.41, 5.74) is 0. The molecule has 1 saturated heterocycles. The number of piperidine rings is 1. The Labute approximate surface area is 92.6 Å². The maximum absolute atomic E-state index is 5.77. The Morgan fingerprint density at radius 2 is 2.36 bits per heavy atom. The van der Waals surface area contributed by atoms with Gasteiger partial charge >= 0.3 is 0 Å². The monoisotopic (exact) mass is 219 g/mol. The third kappa shape index (κ3) is 4.16. The molecule has 1 rings (SSSR count). The van der Waals surface area contributed by atoms with E-state index in [0.29, 0.717) is 6.10 Å². The number of nitrogens with zero attached hydrogens (tertiary/aromatic N) is 1. The molecule has 2 unspecified atom stereocenters. The molecule has 0 aromatic heterocycles. The molecule has 0 amide bonds. The van der Waals surface area contributed by atoms with E-state index < -0.39 is 0 Å². The molecule has 1 fully saturated rings. The van der Waals surface area contributed by atoms with Gasteiger partial charge in [-0.25, -0.2) is 0 Å². The number of hydrogen-bond donors (Lipinski definition) is 0. The first-order chi connectivity index (χ1) is 6.76. The van der Waals surface area contributed by atoms with Crippen molar-refractivity contribution in [3.8, 4) is 0 Å². The Balaban J connectivity index is 2.25. The highest BCUT2D eigenvalue weighted by Gasteiger charge is 2.20. The van der Waals surface area contributed by atoms with Crippen molar-refractivity contribution < 1.29 is 4.74 Å². The fraction of sp³-hybridized carbons (Fsp3) is 1.00. The summed E-state index contributed by atoms with van der Waals surface area (Å²) in [6, 6.07) is 0. The molecule has 0 bridgehead atoms. The van der Waals surface area contributed by atoms with Gasteiger partial charge in [0.15, 0.2) is 0 Å². The molecule has 1 aliphatic rings. The van der Waals surface area contributed by atoms with E-state index in [2.05, 4.69) is 11.8 Å². The molecule has 0 radical (unpaired) electrons. The lowest BCUT2D eigenvalue weighted by molar-refractivity contribution is 0.0589. The molecule has 1 heterocycles. The lowest BCUT2D eigenvalue weighted by atomic mass is 9.95. The van der Waals surface area contributed by atoms with Gasteiger partial charge < -0.3 is 9.64 Å². The van der Waals surface area contributed by atoms with Gasteiger partial charge in [-0.15, -0.1) is 11.6 Å². The van der Waals surface area contributed by atoms with Crippen LogP contribution in [0, 0.1) is 5.92 Å². The summed E-state index contributed by atoms with van der Waals surface area (Å²) in [6.45, 7) is 5.63. The van der Waals surface area contributed by atoms with Gasteiger partial charge in [-0.1, -0.05) is 0 Å². The van der Waals surface area contributed by atoms with Crippen molar-refractivity contribution in [2.45, 2.75) is 32.3 Å². The highest BCUT2D eigenvalue weighted by atomic mass is 35.5. The minimum absolute atomic E-state index is 0.352. The van der Waals surface area contributed by atoms with Gasteiger partial charge in [-0.05, 0) is 38.6 Å². The number of hydrogen-bond acceptors (Lipinski definition) is 2. The van der Waals surface area contributed by atoms with Crippen LogP contribution in [0.4, 0.5) is 0 Å². The Morgan fingerprint density at radius 3 is 3.00 bits per heavy atom. The average molecular weight is 220 g/mol. The SMILES string of the molecule is COC(C)CN1CCCC(CCCl)C1. The third-order valence-electron chi connectivity index (χ3n) is 3.04. The molecule has 2 nitrogen and oxygen atoms in total. The van der Waals surface area contributed by atoms with Gasteiger partial charge in [0.05, 0.1) is 6.10 Å². The zero-order chi connectivity index (χ0) is 10.4. The van der Waals surface area contributed by atoms with Gasteiger partial charge in [0, 0.05) is 26.1 Å². The summed E-state index contributed by atoms with van der Waals surface area (Å²) in [6.07, 6.45) is 4.19. The van der Waals surface area contributed by atoms with Crippen LogP contribution in [0.15, 0.2) is 0 Å². The molecular formula is C11H22ClNO. The average Bonchev–Trinajstić information content (AvgIpc) is 2.19. The molecule has 84 valence electrons. The van der Waals surface area contributed by atoms with Crippen LogP contribution in [-0.2, 0) is 4.74 Å². The molecular weight excluding hydrogens is 198 g/mol. The van der Waals surface area contributed by atoms with Crippen LogP contribution in [0.1, 0.15) is 26.2 Å². The van der Waals surface area contributed by atoms with E-state index in [0.717, 1.165) is 18.3 Å². The second-order valence-corrected chi connectivity index (χ2v) is 4.67. The highest BCUT2D eigenvalue weighted by Crippen LogP contribution is 2.20. The van der Waals surface area contributed by atoms with Crippen LogP contribution in [-0.4, -0.2) is 43.6 Å². The predicted octanol–water partition coefficient (Wildman–Crippen LogP) is 2.36. The molecule has 14 heavy (non-hydrogen) atoms.